The van der Waals surface area contributed by atoms with E-state index in [1.807, 2.05) is 13.0 Å². The molecule has 0 atom stereocenters. The number of benzene rings is 1. The zero-order valence-corrected chi connectivity index (χ0v) is 28.1. The van der Waals surface area contributed by atoms with Gasteiger partial charge in [-0.15, -0.1) is 0 Å². The van der Waals surface area contributed by atoms with Gasteiger partial charge in [0.1, 0.15) is 11.1 Å². The fourth-order valence-corrected chi connectivity index (χ4v) is 7.18. The number of anilines is 3. The van der Waals surface area contributed by atoms with E-state index in [4.69, 9.17) is 14.7 Å². The summed E-state index contributed by atoms with van der Waals surface area (Å²) in [6.07, 6.45) is 2.90. The molecule has 1 saturated heterocycles. The van der Waals surface area contributed by atoms with Crippen molar-refractivity contribution in [1.29, 1.82) is 0 Å². The van der Waals surface area contributed by atoms with Crippen molar-refractivity contribution < 1.29 is 13.2 Å². The number of hydrogen-bond donors (Lipinski definition) is 2. The van der Waals surface area contributed by atoms with Crippen LogP contribution in [-0.2, 0) is 14.6 Å². The molecule has 0 bridgehead atoms. The molecular weight excluding hydrogens is 613 g/mol. The maximum absolute atomic E-state index is 13.6. The molecule has 4 aromatic rings. The smallest absolute Gasteiger partial charge is 0.204 e. The number of H-pyrrole nitrogens is 1. The van der Waals surface area contributed by atoms with Crippen molar-refractivity contribution in [3.63, 3.8) is 0 Å². The van der Waals surface area contributed by atoms with Gasteiger partial charge in [-0.2, -0.15) is 5.10 Å². The summed E-state index contributed by atoms with van der Waals surface area (Å²) in [4.78, 5) is 25.7. The minimum atomic E-state index is -3.74. The van der Waals surface area contributed by atoms with Gasteiger partial charge in [0.05, 0.1) is 17.7 Å². The summed E-state index contributed by atoms with van der Waals surface area (Å²) < 4.78 is 31.8. The summed E-state index contributed by atoms with van der Waals surface area (Å²) in [7, 11) is 2.05. The summed E-state index contributed by atoms with van der Waals surface area (Å²) in [5.74, 6) is 2.34. The first kappa shape index (κ1) is 32.6. The van der Waals surface area contributed by atoms with Crippen LogP contribution < -0.4 is 15.0 Å². The topological polar surface area (TPSA) is 145 Å². The molecule has 1 aliphatic rings. The highest BCUT2D eigenvalue weighted by molar-refractivity contribution is 7.99. The third-order valence-electron chi connectivity index (χ3n) is 7.73. The standard InChI is InChI=1S/C30H40N10O3S2/c1-21-19-25(37-36-21)33-27-26(43-6)28(40-17-15-39(16-18-40)14-13-38(4)5)35-29(34-27)44-22-7-9-23(10-8-22)45(41,42)30(2,3)24-11-12-31-20-32-24/h7-12,19-20H,13-18H2,1-6H3,(H2,33,34,35,36,37). The lowest BCUT2D eigenvalue weighted by Crippen LogP contribution is -2.48. The highest BCUT2D eigenvalue weighted by atomic mass is 32.2. The van der Waals surface area contributed by atoms with Crippen LogP contribution in [0.2, 0.25) is 0 Å². The monoisotopic (exact) mass is 652 g/mol. The van der Waals surface area contributed by atoms with Crippen molar-refractivity contribution in [2.24, 2.45) is 0 Å². The molecule has 0 spiro atoms. The Morgan fingerprint density at radius 2 is 1.82 bits per heavy atom. The van der Waals surface area contributed by atoms with Crippen LogP contribution in [0.1, 0.15) is 25.2 Å². The van der Waals surface area contributed by atoms with Gasteiger partial charge in [-0.05, 0) is 77.0 Å². The molecule has 0 amide bonds. The molecule has 3 aromatic heterocycles. The number of piperazine rings is 1. The van der Waals surface area contributed by atoms with Crippen molar-refractivity contribution in [1.82, 2.24) is 39.9 Å². The second-order valence-corrected chi connectivity index (χ2v) is 15.1. The summed E-state index contributed by atoms with van der Waals surface area (Å²) in [6.45, 7) is 10.6. The molecular formula is C30H40N10O3S2. The van der Waals surface area contributed by atoms with Gasteiger partial charge in [0.15, 0.2) is 32.4 Å². The number of ether oxygens (including phenoxy) is 1. The van der Waals surface area contributed by atoms with Crippen LogP contribution >= 0.6 is 11.8 Å². The average molecular weight is 653 g/mol. The predicted molar refractivity (Wildman–Crippen MR) is 175 cm³/mol. The van der Waals surface area contributed by atoms with E-state index in [1.54, 1.807) is 57.5 Å². The van der Waals surface area contributed by atoms with Crippen molar-refractivity contribution in [3.8, 4) is 5.75 Å². The first-order valence-corrected chi connectivity index (χ1v) is 16.9. The van der Waals surface area contributed by atoms with Gasteiger partial charge in [-0.1, -0.05) is 0 Å². The fraction of sp³-hybridized carbons (Fsp3) is 0.433. The molecule has 15 heteroatoms. The summed E-state index contributed by atoms with van der Waals surface area (Å²) >= 11 is 1.35. The molecule has 1 aromatic carbocycles. The van der Waals surface area contributed by atoms with Crippen LogP contribution in [0.5, 0.6) is 5.75 Å². The number of aromatic nitrogens is 6. The second-order valence-electron chi connectivity index (χ2n) is 11.6. The maximum Gasteiger partial charge on any atom is 0.204 e. The van der Waals surface area contributed by atoms with Crippen LogP contribution in [0.3, 0.4) is 0 Å². The Morgan fingerprint density at radius 3 is 2.42 bits per heavy atom. The number of aryl methyl sites for hydroxylation is 1. The zero-order chi connectivity index (χ0) is 32.2. The lowest BCUT2D eigenvalue weighted by atomic mass is 10.1. The second kappa shape index (κ2) is 13.7. The molecule has 0 aliphatic carbocycles. The number of rotatable bonds is 12. The number of likely N-dealkylation sites (N-methyl/N-ethyl adjacent to an activating group) is 1. The van der Waals surface area contributed by atoms with Gasteiger partial charge in [-0.25, -0.2) is 28.4 Å². The Bertz CT molecular complexity index is 1690. The summed E-state index contributed by atoms with van der Waals surface area (Å²) in [5, 5.41) is 11.0. The van der Waals surface area contributed by atoms with E-state index in [9.17, 15) is 8.42 Å². The van der Waals surface area contributed by atoms with Gasteiger partial charge < -0.3 is 19.9 Å². The molecule has 240 valence electrons. The van der Waals surface area contributed by atoms with E-state index < -0.39 is 14.6 Å². The average Bonchev–Trinajstić information content (AvgIpc) is 3.44. The number of nitrogens with one attached hydrogen (secondary N) is 2. The Morgan fingerprint density at radius 1 is 1.09 bits per heavy atom. The van der Waals surface area contributed by atoms with Gasteiger partial charge in [0.25, 0.3) is 0 Å². The predicted octanol–water partition coefficient (Wildman–Crippen LogP) is 3.59. The number of aromatic amines is 1. The van der Waals surface area contributed by atoms with E-state index in [2.05, 4.69) is 54.3 Å². The molecule has 45 heavy (non-hydrogen) atoms. The molecule has 0 saturated carbocycles. The van der Waals surface area contributed by atoms with Gasteiger partial charge >= 0.3 is 0 Å². The molecule has 2 N–H and O–H groups in total. The van der Waals surface area contributed by atoms with E-state index >= 15 is 0 Å². The van der Waals surface area contributed by atoms with Gasteiger partial charge in [-0.3, -0.25) is 10.00 Å². The number of hydrogen-bond acceptors (Lipinski definition) is 13. The third-order valence-corrected chi connectivity index (χ3v) is 11.1. The lowest BCUT2D eigenvalue weighted by Gasteiger charge is -2.36. The zero-order valence-electron chi connectivity index (χ0n) is 26.5. The molecule has 5 rings (SSSR count). The summed E-state index contributed by atoms with van der Waals surface area (Å²) in [6, 6.07) is 10.3. The minimum absolute atomic E-state index is 0.204. The quantitative estimate of drug-likeness (QED) is 0.215. The first-order valence-electron chi connectivity index (χ1n) is 14.6. The highest BCUT2D eigenvalue weighted by Crippen LogP contribution is 2.39. The van der Waals surface area contributed by atoms with Crippen LogP contribution in [0.4, 0.5) is 17.5 Å². The van der Waals surface area contributed by atoms with Crippen molar-refractivity contribution in [3.05, 3.63) is 60.3 Å². The number of methoxy groups -OCH3 is 1. The van der Waals surface area contributed by atoms with Crippen LogP contribution in [0, 0.1) is 6.92 Å². The first-order chi connectivity index (χ1) is 21.5. The van der Waals surface area contributed by atoms with E-state index in [-0.39, 0.29) is 4.90 Å². The number of sulfone groups is 1. The maximum atomic E-state index is 13.6. The van der Waals surface area contributed by atoms with Crippen molar-refractivity contribution in [2.45, 2.75) is 40.5 Å². The van der Waals surface area contributed by atoms with E-state index in [0.29, 0.717) is 34.1 Å². The van der Waals surface area contributed by atoms with Gasteiger partial charge in [0, 0.05) is 62.1 Å². The minimum Gasteiger partial charge on any atom is -0.490 e. The highest BCUT2D eigenvalue weighted by Gasteiger charge is 2.38. The van der Waals surface area contributed by atoms with E-state index in [0.717, 1.165) is 49.9 Å². The van der Waals surface area contributed by atoms with Crippen molar-refractivity contribution >= 4 is 39.1 Å². The lowest BCUT2D eigenvalue weighted by molar-refractivity contribution is 0.228. The Labute approximate surface area is 268 Å². The third kappa shape index (κ3) is 7.38. The van der Waals surface area contributed by atoms with E-state index in [1.165, 1.54) is 18.1 Å². The molecule has 0 radical (unpaired) electrons. The fourth-order valence-electron chi connectivity index (χ4n) is 4.95. The molecule has 1 aliphatic heterocycles. The Hall–Kier alpha value is -3.79. The summed E-state index contributed by atoms with van der Waals surface area (Å²) in [5.41, 5.74) is 1.34. The van der Waals surface area contributed by atoms with Crippen LogP contribution in [0.15, 0.2) is 63.9 Å². The molecule has 4 heterocycles. The number of nitrogens with zero attached hydrogens (tertiary/aromatic N) is 8. The Kier molecular flexibility index (Phi) is 9.91. The van der Waals surface area contributed by atoms with Crippen LogP contribution in [0.25, 0.3) is 0 Å². The van der Waals surface area contributed by atoms with Crippen molar-refractivity contribution in [2.75, 3.05) is 70.7 Å². The van der Waals surface area contributed by atoms with Gasteiger partial charge in [0.2, 0.25) is 5.75 Å². The SMILES string of the molecule is COc1c(Nc2cc(C)[nH]n2)nc(Sc2ccc(S(=O)(=O)C(C)(C)c3ccncn3)cc2)nc1N1CCN(CCN(C)C)CC1. The Balaban J connectivity index is 1.42. The molecule has 0 unspecified atom stereocenters. The largest absolute Gasteiger partial charge is 0.490 e. The van der Waals surface area contributed by atoms with Crippen LogP contribution in [-0.4, -0.2) is 109 Å². The normalized spacial score (nSPS) is 14.6. The molecule has 13 nitrogen and oxygen atoms in total. The molecule has 1 fully saturated rings.